The van der Waals surface area contributed by atoms with Crippen molar-refractivity contribution in [3.8, 4) is 11.1 Å². The third-order valence-electron chi connectivity index (χ3n) is 2.87. The number of nitrogens with one attached hydrogen (secondary N) is 1. The van der Waals surface area contributed by atoms with Gasteiger partial charge in [0.05, 0.1) is 12.4 Å². The van der Waals surface area contributed by atoms with E-state index < -0.39 is 0 Å². The first-order chi connectivity index (χ1) is 7.84. The molecular formula is C13H13N3. The van der Waals surface area contributed by atoms with Crippen LogP contribution in [0.25, 0.3) is 11.1 Å². The van der Waals surface area contributed by atoms with E-state index in [-0.39, 0.29) is 0 Å². The topological polar surface area (TPSA) is 28.2 Å². The van der Waals surface area contributed by atoms with Gasteiger partial charge in [-0.3, -0.25) is 0 Å². The van der Waals surface area contributed by atoms with E-state index in [2.05, 4.69) is 40.4 Å². The molecule has 2 aromatic rings. The number of hydrogen-bond acceptors (Lipinski definition) is 3. The fourth-order valence-electron chi connectivity index (χ4n) is 1.95. The summed E-state index contributed by atoms with van der Waals surface area (Å²) in [7, 11) is 2.06. The summed E-state index contributed by atoms with van der Waals surface area (Å²) < 4.78 is 0. The standard InChI is InChI=1S/C13H13N3/c1-16-9-15-13-12(16)7-11(8-14-13)10-5-3-2-4-6-10/h2-8H,9H2,1H3,(H,14,15). The number of hydrogen-bond donors (Lipinski definition) is 1. The van der Waals surface area contributed by atoms with Gasteiger partial charge in [0.25, 0.3) is 0 Å². The average Bonchev–Trinajstić information content (AvgIpc) is 2.72. The lowest BCUT2D eigenvalue weighted by Gasteiger charge is -2.10. The third-order valence-corrected chi connectivity index (χ3v) is 2.87. The lowest BCUT2D eigenvalue weighted by atomic mass is 10.1. The van der Waals surface area contributed by atoms with Crippen molar-refractivity contribution in [2.45, 2.75) is 0 Å². The highest BCUT2D eigenvalue weighted by atomic mass is 15.3. The van der Waals surface area contributed by atoms with Crippen molar-refractivity contribution in [2.75, 3.05) is 23.9 Å². The second-order valence-electron chi connectivity index (χ2n) is 3.99. The molecule has 2 heterocycles. The smallest absolute Gasteiger partial charge is 0.151 e. The Morgan fingerprint density at radius 1 is 1.19 bits per heavy atom. The Bertz CT molecular complexity index is 508. The number of nitrogens with zero attached hydrogens (tertiary/aromatic N) is 2. The van der Waals surface area contributed by atoms with Gasteiger partial charge in [-0.05, 0) is 11.6 Å². The molecule has 1 aromatic heterocycles. The van der Waals surface area contributed by atoms with E-state index in [1.165, 1.54) is 11.3 Å². The van der Waals surface area contributed by atoms with Crippen molar-refractivity contribution in [1.82, 2.24) is 4.98 Å². The van der Waals surface area contributed by atoms with Gasteiger partial charge in [0.15, 0.2) is 5.82 Å². The van der Waals surface area contributed by atoms with Gasteiger partial charge in [-0.25, -0.2) is 4.98 Å². The van der Waals surface area contributed by atoms with Gasteiger partial charge in [-0.1, -0.05) is 30.3 Å². The van der Waals surface area contributed by atoms with Crippen LogP contribution in [0, 0.1) is 0 Å². The van der Waals surface area contributed by atoms with Crippen LogP contribution in [0.3, 0.4) is 0 Å². The molecular weight excluding hydrogens is 198 g/mol. The summed E-state index contributed by atoms with van der Waals surface area (Å²) in [5.41, 5.74) is 3.54. The zero-order chi connectivity index (χ0) is 11.0. The van der Waals surface area contributed by atoms with Crippen LogP contribution in [0.2, 0.25) is 0 Å². The molecule has 0 spiro atoms. The largest absolute Gasteiger partial charge is 0.354 e. The summed E-state index contributed by atoms with van der Waals surface area (Å²) in [5.74, 6) is 0.974. The Kier molecular flexibility index (Phi) is 2.03. The lowest BCUT2D eigenvalue weighted by Crippen LogP contribution is -2.15. The summed E-state index contributed by atoms with van der Waals surface area (Å²) >= 11 is 0. The van der Waals surface area contributed by atoms with Gasteiger partial charge in [0.2, 0.25) is 0 Å². The zero-order valence-corrected chi connectivity index (χ0v) is 9.14. The number of anilines is 2. The number of rotatable bonds is 1. The van der Waals surface area contributed by atoms with E-state index in [0.29, 0.717) is 0 Å². The molecule has 16 heavy (non-hydrogen) atoms. The summed E-state index contributed by atoms with van der Waals surface area (Å²) in [6.45, 7) is 0.834. The molecule has 0 aliphatic carbocycles. The quantitative estimate of drug-likeness (QED) is 0.785. The summed E-state index contributed by atoms with van der Waals surface area (Å²) in [6.07, 6.45) is 1.92. The van der Waals surface area contributed by atoms with Crippen LogP contribution in [0.1, 0.15) is 0 Å². The van der Waals surface area contributed by atoms with Crippen LogP contribution in [0.15, 0.2) is 42.6 Å². The Morgan fingerprint density at radius 2 is 2.00 bits per heavy atom. The normalized spacial score (nSPS) is 13.4. The minimum atomic E-state index is 0.834. The first-order valence-electron chi connectivity index (χ1n) is 5.35. The fourth-order valence-corrected chi connectivity index (χ4v) is 1.95. The maximum absolute atomic E-state index is 4.43. The first-order valence-corrected chi connectivity index (χ1v) is 5.35. The molecule has 0 saturated heterocycles. The van der Waals surface area contributed by atoms with E-state index in [0.717, 1.165) is 18.1 Å². The Hall–Kier alpha value is -2.03. The molecule has 1 aliphatic rings. The molecule has 3 heteroatoms. The first kappa shape index (κ1) is 9.21. The van der Waals surface area contributed by atoms with E-state index in [4.69, 9.17) is 0 Å². The van der Waals surface area contributed by atoms with Gasteiger partial charge >= 0.3 is 0 Å². The van der Waals surface area contributed by atoms with Gasteiger partial charge in [0, 0.05) is 18.8 Å². The zero-order valence-electron chi connectivity index (χ0n) is 9.14. The van der Waals surface area contributed by atoms with E-state index >= 15 is 0 Å². The van der Waals surface area contributed by atoms with Crippen molar-refractivity contribution in [1.29, 1.82) is 0 Å². The summed E-state index contributed by atoms with van der Waals surface area (Å²) in [5, 5.41) is 3.24. The highest BCUT2D eigenvalue weighted by Gasteiger charge is 2.16. The molecule has 3 rings (SSSR count). The van der Waals surface area contributed by atoms with Crippen LogP contribution < -0.4 is 10.2 Å². The van der Waals surface area contributed by atoms with Crippen molar-refractivity contribution in [3.63, 3.8) is 0 Å². The SMILES string of the molecule is CN1CNc2ncc(-c3ccccc3)cc21. The molecule has 1 N–H and O–H groups in total. The molecule has 0 saturated carbocycles. The molecule has 0 fully saturated rings. The number of pyridine rings is 1. The maximum atomic E-state index is 4.43. The lowest BCUT2D eigenvalue weighted by molar-refractivity contribution is 1.03. The molecule has 80 valence electrons. The van der Waals surface area contributed by atoms with E-state index in [9.17, 15) is 0 Å². The van der Waals surface area contributed by atoms with Crippen LogP contribution in [0.4, 0.5) is 11.5 Å². The molecule has 0 unspecified atom stereocenters. The van der Waals surface area contributed by atoms with Crippen LogP contribution >= 0.6 is 0 Å². The molecule has 3 nitrogen and oxygen atoms in total. The van der Waals surface area contributed by atoms with Gasteiger partial charge < -0.3 is 10.2 Å². The summed E-state index contributed by atoms with van der Waals surface area (Å²) in [6, 6.07) is 12.5. The van der Waals surface area contributed by atoms with Crippen LogP contribution in [-0.4, -0.2) is 18.7 Å². The summed E-state index contributed by atoms with van der Waals surface area (Å²) in [4.78, 5) is 6.59. The monoisotopic (exact) mass is 211 g/mol. The van der Waals surface area contributed by atoms with Crippen molar-refractivity contribution < 1.29 is 0 Å². The van der Waals surface area contributed by atoms with E-state index in [1.54, 1.807) is 0 Å². The fraction of sp³-hybridized carbons (Fsp3) is 0.154. The predicted molar refractivity (Wildman–Crippen MR) is 66.6 cm³/mol. The molecule has 1 aliphatic heterocycles. The van der Waals surface area contributed by atoms with E-state index in [1.807, 2.05) is 24.4 Å². The second kappa shape index (κ2) is 3.52. The Labute approximate surface area is 94.7 Å². The van der Waals surface area contributed by atoms with Gasteiger partial charge in [-0.15, -0.1) is 0 Å². The molecule has 0 bridgehead atoms. The highest BCUT2D eigenvalue weighted by Crippen LogP contribution is 2.31. The van der Waals surface area contributed by atoms with Gasteiger partial charge in [0.1, 0.15) is 0 Å². The number of fused-ring (bicyclic) bond motifs is 1. The maximum Gasteiger partial charge on any atom is 0.151 e. The van der Waals surface area contributed by atoms with Gasteiger partial charge in [-0.2, -0.15) is 0 Å². The van der Waals surface area contributed by atoms with Crippen molar-refractivity contribution in [2.24, 2.45) is 0 Å². The van der Waals surface area contributed by atoms with Crippen LogP contribution in [0.5, 0.6) is 0 Å². The predicted octanol–water partition coefficient (Wildman–Crippen LogP) is 2.57. The Morgan fingerprint density at radius 3 is 2.81 bits per heavy atom. The molecule has 0 radical (unpaired) electrons. The molecule has 1 aromatic carbocycles. The van der Waals surface area contributed by atoms with Crippen molar-refractivity contribution >= 4 is 11.5 Å². The Balaban J connectivity index is 2.08. The number of aromatic nitrogens is 1. The second-order valence-corrected chi connectivity index (χ2v) is 3.99. The van der Waals surface area contributed by atoms with Crippen molar-refractivity contribution in [3.05, 3.63) is 42.6 Å². The van der Waals surface area contributed by atoms with Crippen LogP contribution in [-0.2, 0) is 0 Å². The minimum absolute atomic E-state index is 0.834. The molecule has 0 amide bonds. The highest BCUT2D eigenvalue weighted by molar-refractivity contribution is 5.77. The average molecular weight is 211 g/mol. The minimum Gasteiger partial charge on any atom is -0.354 e. The molecule has 0 atom stereocenters. The third kappa shape index (κ3) is 1.41. The number of benzene rings is 1.